The molecule has 2 atom stereocenters. The van der Waals surface area contributed by atoms with Crippen molar-refractivity contribution < 1.29 is 19.4 Å². The largest absolute Gasteiger partial charge is 0.493 e. The highest BCUT2D eigenvalue weighted by Gasteiger charge is 2.30. The molecule has 0 aromatic heterocycles. The number of rotatable bonds is 7. The van der Waals surface area contributed by atoms with Gasteiger partial charge in [0.15, 0.2) is 18.1 Å². The van der Waals surface area contributed by atoms with Crippen LogP contribution < -0.4 is 14.8 Å². The third kappa shape index (κ3) is 4.38. The van der Waals surface area contributed by atoms with Crippen LogP contribution in [0.4, 0.5) is 0 Å². The van der Waals surface area contributed by atoms with Gasteiger partial charge in [-0.25, -0.2) is 0 Å². The van der Waals surface area contributed by atoms with E-state index < -0.39 is 6.10 Å². The summed E-state index contributed by atoms with van der Waals surface area (Å²) < 4.78 is 11.2. The number of benzene rings is 2. The number of carbonyl (C=O) groups excluding carboxylic acids is 1. The molecule has 2 aromatic rings. The van der Waals surface area contributed by atoms with E-state index in [9.17, 15) is 9.90 Å². The van der Waals surface area contributed by atoms with Crippen molar-refractivity contribution in [3.63, 3.8) is 0 Å². The van der Waals surface area contributed by atoms with Gasteiger partial charge in [0.1, 0.15) is 0 Å². The Morgan fingerprint density at radius 2 is 1.97 bits per heavy atom. The second kappa shape index (κ2) is 8.84. The van der Waals surface area contributed by atoms with Crippen molar-refractivity contribution in [2.24, 2.45) is 0 Å². The molecule has 1 saturated heterocycles. The molecule has 1 heterocycles. The van der Waals surface area contributed by atoms with Crippen LogP contribution in [0.15, 0.2) is 42.5 Å². The zero-order valence-corrected chi connectivity index (χ0v) is 16.8. The van der Waals surface area contributed by atoms with Crippen LogP contribution in [-0.2, 0) is 17.8 Å². The Labute approximate surface area is 171 Å². The van der Waals surface area contributed by atoms with E-state index in [1.54, 1.807) is 7.11 Å². The Morgan fingerprint density at radius 3 is 2.76 bits per heavy atom. The molecule has 1 fully saturated rings. The molecule has 0 spiro atoms. The first-order chi connectivity index (χ1) is 14.2. The van der Waals surface area contributed by atoms with Gasteiger partial charge in [-0.05, 0) is 41.7 Å². The van der Waals surface area contributed by atoms with Gasteiger partial charge in [-0.3, -0.25) is 4.79 Å². The number of hydrogen-bond acceptors (Lipinski definition) is 5. The summed E-state index contributed by atoms with van der Waals surface area (Å²) in [5.41, 5.74) is 3.38. The lowest BCUT2D eigenvalue weighted by Crippen LogP contribution is -2.32. The smallest absolute Gasteiger partial charge is 0.260 e. The van der Waals surface area contributed by atoms with Crippen molar-refractivity contribution in [1.82, 2.24) is 10.2 Å². The van der Waals surface area contributed by atoms with Gasteiger partial charge >= 0.3 is 0 Å². The minimum atomic E-state index is -0.423. The van der Waals surface area contributed by atoms with E-state index in [0.717, 1.165) is 37.1 Å². The van der Waals surface area contributed by atoms with Crippen LogP contribution in [0.5, 0.6) is 11.5 Å². The fraction of sp³-hybridized carbons (Fsp3) is 0.435. The van der Waals surface area contributed by atoms with Gasteiger partial charge in [-0.15, -0.1) is 0 Å². The molecule has 6 heteroatoms. The standard InChI is InChI=1S/C23H28N2O4/c1-28-21-12-16(8-9-20(21)29-15-22(27)25-10-4-5-11-25)14-24-23-18-7-3-2-6-17(18)13-19(23)26/h2-3,6-9,12,19,23-24,26H,4-5,10-11,13-15H2,1H3/t19-,23+/m0/s1. The number of aliphatic hydroxyl groups is 1. The number of hydrogen-bond donors (Lipinski definition) is 2. The first-order valence-corrected chi connectivity index (χ1v) is 10.2. The number of methoxy groups -OCH3 is 1. The number of nitrogens with zero attached hydrogens (tertiary/aromatic N) is 1. The van der Waals surface area contributed by atoms with E-state index in [0.29, 0.717) is 24.5 Å². The lowest BCUT2D eigenvalue weighted by molar-refractivity contribution is -0.132. The fourth-order valence-corrected chi connectivity index (χ4v) is 4.19. The number of carbonyl (C=O) groups is 1. The lowest BCUT2D eigenvalue weighted by atomic mass is 10.1. The molecule has 29 heavy (non-hydrogen) atoms. The summed E-state index contributed by atoms with van der Waals surface area (Å²) in [4.78, 5) is 14.0. The zero-order valence-electron chi connectivity index (χ0n) is 16.8. The van der Waals surface area contributed by atoms with E-state index in [1.165, 1.54) is 5.56 Å². The van der Waals surface area contributed by atoms with Crippen LogP contribution in [-0.4, -0.2) is 48.8 Å². The molecule has 2 aromatic carbocycles. The van der Waals surface area contributed by atoms with Crippen LogP contribution in [0, 0.1) is 0 Å². The van der Waals surface area contributed by atoms with Gasteiger partial charge in [0, 0.05) is 26.1 Å². The van der Waals surface area contributed by atoms with Crippen molar-refractivity contribution >= 4 is 5.91 Å². The van der Waals surface area contributed by atoms with Gasteiger partial charge in [-0.1, -0.05) is 30.3 Å². The van der Waals surface area contributed by atoms with Crippen molar-refractivity contribution in [1.29, 1.82) is 0 Å². The molecule has 1 aliphatic carbocycles. The van der Waals surface area contributed by atoms with Crippen molar-refractivity contribution in [3.8, 4) is 11.5 Å². The van der Waals surface area contributed by atoms with Crippen LogP contribution in [0.25, 0.3) is 0 Å². The monoisotopic (exact) mass is 396 g/mol. The van der Waals surface area contributed by atoms with Gasteiger partial charge in [0.05, 0.1) is 19.3 Å². The van der Waals surface area contributed by atoms with E-state index >= 15 is 0 Å². The van der Waals surface area contributed by atoms with Gasteiger partial charge < -0.3 is 24.8 Å². The van der Waals surface area contributed by atoms with E-state index in [1.807, 2.05) is 35.2 Å². The minimum absolute atomic E-state index is 0.0178. The third-order valence-corrected chi connectivity index (χ3v) is 5.77. The molecule has 2 aliphatic rings. The summed E-state index contributed by atoms with van der Waals surface area (Å²) in [6.07, 6.45) is 2.39. The first kappa shape index (κ1) is 19.7. The second-order valence-electron chi connectivity index (χ2n) is 7.69. The maximum absolute atomic E-state index is 12.2. The molecule has 0 unspecified atom stereocenters. The van der Waals surface area contributed by atoms with Crippen LogP contribution in [0.1, 0.15) is 35.6 Å². The predicted octanol–water partition coefficient (Wildman–Crippen LogP) is 2.44. The number of amides is 1. The molecule has 0 saturated carbocycles. The molecule has 1 amide bonds. The Balaban J connectivity index is 1.37. The third-order valence-electron chi connectivity index (χ3n) is 5.77. The summed E-state index contributed by atoms with van der Waals surface area (Å²) in [7, 11) is 1.60. The summed E-state index contributed by atoms with van der Waals surface area (Å²) in [5.74, 6) is 1.19. The molecule has 0 bridgehead atoms. The average molecular weight is 396 g/mol. The Bertz CT molecular complexity index is 864. The maximum Gasteiger partial charge on any atom is 0.260 e. The van der Waals surface area contributed by atoms with E-state index in [2.05, 4.69) is 17.4 Å². The van der Waals surface area contributed by atoms with Crippen molar-refractivity contribution in [3.05, 3.63) is 59.2 Å². The van der Waals surface area contributed by atoms with Crippen molar-refractivity contribution in [2.45, 2.75) is 38.0 Å². The van der Waals surface area contributed by atoms with Gasteiger partial charge in [-0.2, -0.15) is 0 Å². The van der Waals surface area contributed by atoms with Gasteiger partial charge in [0.25, 0.3) is 5.91 Å². The fourth-order valence-electron chi connectivity index (χ4n) is 4.19. The topological polar surface area (TPSA) is 71.0 Å². The second-order valence-corrected chi connectivity index (χ2v) is 7.69. The molecule has 1 aliphatic heterocycles. The highest BCUT2D eigenvalue weighted by atomic mass is 16.5. The van der Waals surface area contributed by atoms with Crippen molar-refractivity contribution in [2.75, 3.05) is 26.8 Å². The molecule has 154 valence electrons. The summed E-state index contributed by atoms with van der Waals surface area (Å²) >= 11 is 0. The normalized spacial score (nSPS) is 20.6. The van der Waals surface area contributed by atoms with Crippen LogP contribution >= 0.6 is 0 Å². The minimum Gasteiger partial charge on any atom is -0.493 e. The summed E-state index contributed by atoms with van der Waals surface area (Å²) in [6, 6.07) is 13.8. The van der Waals surface area contributed by atoms with Crippen LogP contribution in [0.2, 0.25) is 0 Å². The highest BCUT2D eigenvalue weighted by molar-refractivity contribution is 5.78. The number of likely N-dealkylation sites (tertiary alicyclic amines) is 1. The molecule has 0 radical (unpaired) electrons. The van der Waals surface area contributed by atoms with E-state index in [4.69, 9.17) is 9.47 Å². The SMILES string of the molecule is COc1cc(CN[C@@H]2c3ccccc3C[C@@H]2O)ccc1OCC(=O)N1CCCC1. The number of nitrogens with one attached hydrogen (secondary N) is 1. The molecule has 4 rings (SSSR count). The molecule has 2 N–H and O–H groups in total. The summed E-state index contributed by atoms with van der Waals surface area (Å²) in [6.45, 7) is 2.26. The average Bonchev–Trinajstić information content (AvgIpc) is 3.38. The number of aliphatic hydroxyl groups excluding tert-OH is 1. The van der Waals surface area contributed by atoms with E-state index in [-0.39, 0.29) is 18.6 Å². The quantitative estimate of drug-likeness (QED) is 0.752. The van der Waals surface area contributed by atoms with Crippen LogP contribution in [0.3, 0.4) is 0 Å². The Kier molecular flexibility index (Phi) is 6.02. The number of fused-ring (bicyclic) bond motifs is 1. The molecular weight excluding hydrogens is 368 g/mol. The number of ether oxygens (including phenoxy) is 2. The Hall–Kier alpha value is -2.57. The van der Waals surface area contributed by atoms with Gasteiger partial charge in [0.2, 0.25) is 0 Å². The highest BCUT2D eigenvalue weighted by Crippen LogP contribution is 2.32. The molecule has 6 nitrogen and oxygen atoms in total. The zero-order chi connectivity index (χ0) is 20.2. The Morgan fingerprint density at radius 1 is 1.17 bits per heavy atom. The summed E-state index contributed by atoms with van der Waals surface area (Å²) in [5, 5.41) is 13.9. The predicted molar refractivity (Wildman–Crippen MR) is 110 cm³/mol. The maximum atomic E-state index is 12.2. The lowest BCUT2D eigenvalue weighted by Gasteiger charge is -2.19. The molecular formula is C23H28N2O4. The first-order valence-electron chi connectivity index (χ1n) is 10.2.